The average Bonchev–Trinajstić information content (AvgIpc) is 2.39. The van der Waals surface area contributed by atoms with Crippen LogP contribution in [0.1, 0.15) is 38.1 Å². The lowest BCUT2D eigenvalue weighted by atomic mass is 9.96. The summed E-state index contributed by atoms with van der Waals surface area (Å²) >= 11 is 0. The maximum Gasteiger partial charge on any atom is 0.122 e. The number of nitrogens with one attached hydrogen (secondary N) is 1. The summed E-state index contributed by atoms with van der Waals surface area (Å²) in [5.74, 6) is 1.19. The minimum Gasteiger partial charge on any atom is -0.497 e. The molecule has 1 heterocycles. The number of hydrogen-bond acceptors (Lipinski definition) is 4. The van der Waals surface area contributed by atoms with Crippen LogP contribution in [-0.4, -0.2) is 29.8 Å². The van der Waals surface area contributed by atoms with Gasteiger partial charge < -0.3 is 15.2 Å². The molecule has 0 aliphatic heterocycles. The van der Waals surface area contributed by atoms with E-state index >= 15 is 0 Å². The summed E-state index contributed by atoms with van der Waals surface area (Å²) in [4.78, 5) is 4.44. The molecule has 0 aliphatic rings. The van der Waals surface area contributed by atoms with Crippen molar-refractivity contribution in [2.75, 3.05) is 13.7 Å². The van der Waals surface area contributed by atoms with Gasteiger partial charge in [0, 0.05) is 30.9 Å². The molecule has 0 amide bonds. The fourth-order valence-electron chi connectivity index (χ4n) is 2.26. The van der Waals surface area contributed by atoms with Crippen molar-refractivity contribution in [3.63, 3.8) is 0 Å². The van der Waals surface area contributed by atoms with Crippen LogP contribution >= 0.6 is 0 Å². The van der Waals surface area contributed by atoms with Crippen molar-refractivity contribution in [1.29, 1.82) is 0 Å². The number of nitrogens with zero attached hydrogens (tertiary/aromatic N) is 1. The molecule has 0 saturated carbocycles. The van der Waals surface area contributed by atoms with Gasteiger partial charge in [0.05, 0.1) is 18.9 Å². The molecule has 1 rings (SSSR count). The molecule has 1 atom stereocenters. The number of pyridine rings is 1. The van der Waals surface area contributed by atoms with E-state index in [1.54, 1.807) is 7.11 Å². The Bertz CT molecular complexity index is 378. The fourth-order valence-corrected chi connectivity index (χ4v) is 2.26. The molecule has 4 heteroatoms. The van der Waals surface area contributed by atoms with Crippen LogP contribution < -0.4 is 10.1 Å². The monoisotopic (exact) mass is 266 g/mol. The first-order valence-electron chi connectivity index (χ1n) is 7.01. The third-order valence-electron chi connectivity index (χ3n) is 3.47. The van der Waals surface area contributed by atoms with E-state index in [-0.39, 0.29) is 6.10 Å². The Morgan fingerprint density at radius 1 is 1.32 bits per heavy atom. The second-order valence-corrected chi connectivity index (χ2v) is 4.91. The second kappa shape index (κ2) is 8.12. The van der Waals surface area contributed by atoms with Crippen LogP contribution in [0.25, 0.3) is 0 Å². The summed E-state index contributed by atoms with van der Waals surface area (Å²) in [6.07, 6.45) is 1.73. The largest absolute Gasteiger partial charge is 0.497 e. The third kappa shape index (κ3) is 5.17. The van der Waals surface area contributed by atoms with E-state index in [1.165, 1.54) is 0 Å². The fraction of sp³-hybridized carbons (Fsp3) is 0.667. The topological polar surface area (TPSA) is 54.4 Å². The SMILES string of the molecule is CCC(CC)C(O)CNCc1cc(OC)cc(C)n1. The third-order valence-corrected chi connectivity index (χ3v) is 3.47. The molecule has 19 heavy (non-hydrogen) atoms. The first-order chi connectivity index (χ1) is 9.10. The quantitative estimate of drug-likeness (QED) is 0.758. The Hall–Kier alpha value is -1.13. The molecule has 0 spiro atoms. The lowest BCUT2D eigenvalue weighted by Gasteiger charge is -2.20. The summed E-state index contributed by atoms with van der Waals surface area (Å²) in [6, 6.07) is 3.83. The Morgan fingerprint density at radius 2 is 2.00 bits per heavy atom. The van der Waals surface area contributed by atoms with Crippen molar-refractivity contribution in [2.24, 2.45) is 5.92 Å². The molecule has 4 nitrogen and oxygen atoms in total. The maximum absolute atomic E-state index is 10.0. The van der Waals surface area contributed by atoms with Gasteiger partial charge in [-0.2, -0.15) is 0 Å². The van der Waals surface area contributed by atoms with E-state index < -0.39 is 0 Å². The van der Waals surface area contributed by atoms with E-state index in [2.05, 4.69) is 24.1 Å². The summed E-state index contributed by atoms with van der Waals surface area (Å²) in [6.45, 7) is 7.43. The van der Waals surface area contributed by atoms with E-state index in [1.807, 2.05) is 19.1 Å². The zero-order valence-electron chi connectivity index (χ0n) is 12.4. The van der Waals surface area contributed by atoms with Gasteiger partial charge in [0.1, 0.15) is 5.75 Å². The molecule has 0 aromatic carbocycles. The molecule has 0 fully saturated rings. The van der Waals surface area contributed by atoms with Crippen molar-refractivity contribution >= 4 is 0 Å². The molecule has 1 unspecified atom stereocenters. The minimum absolute atomic E-state index is 0.290. The van der Waals surface area contributed by atoms with Gasteiger partial charge in [0.2, 0.25) is 0 Å². The first-order valence-corrected chi connectivity index (χ1v) is 7.01. The average molecular weight is 266 g/mol. The first kappa shape index (κ1) is 15.9. The van der Waals surface area contributed by atoms with Crippen LogP contribution in [0.15, 0.2) is 12.1 Å². The number of methoxy groups -OCH3 is 1. The summed E-state index contributed by atoms with van der Waals surface area (Å²) in [5.41, 5.74) is 1.88. The van der Waals surface area contributed by atoms with Gasteiger partial charge in [-0.05, 0) is 12.8 Å². The van der Waals surface area contributed by atoms with Gasteiger partial charge >= 0.3 is 0 Å². The van der Waals surface area contributed by atoms with Crippen LogP contribution in [0, 0.1) is 12.8 Å². The van der Waals surface area contributed by atoms with Crippen LogP contribution in [0.5, 0.6) is 5.75 Å². The lowest BCUT2D eigenvalue weighted by Crippen LogP contribution is -2.32. The Morgan fingerprint density at radius 3 is 2.58 bits per heavy atom. The van der Waals surface area contributed by atoms with E-state index in [0.717, 1.165) is 30.0 Å². The molecule has 1 aromatic heterocycles. The minimum atomic E-state index is -0.290. The lowest BCUT2D eigenvalue weighted by molar-refractivity contribution is 0.101. The zero-order chi connectivity index (χ0) is 14.3. The van der Waals surface area contributed by atoms with Gasteiger partial charge in [0.25, 0.3) is 0 Å². The Labute approximate surface area is 116 Å². The van der Waals surface area contributed by atoms with Crippen molar-refractivity contribution in [3.8, 4) is 5.75 Å². The van der Waals surface area contributed by atoms with Crippen molar-refractivity contribution < 1.29 is 9.84 Å². The molecule has 0 aliphatic carbocycles. The highest BCUT2D eigenvalue weighted by atomic mass is 16.5. The van der Waals surface area contributed by atoms with Crippen molar-refractivity contribution in [2.45, 2.75) is 46.3 Å². The molecule has 0 saturated heterocycles. The second-order valence-electron chi connectivity index (χ2n) is 4.91. The highest BCUT2D eigenvalue weighted by molar-refractivity contribution is 5.26. The predicted octanol–water partition coefficient (Wildman–Crippen LogP) is 2.29. The highest BCUT2D eigenvalue weighted by Gasteiger charge is 2.14. The van der Waals surface area contributed by atoms with Gasteiger partial charge in [-0.25, -0.2) is 0 Å². The number of aliphatic hydroxyl groups is 1. The van der Waals surface area contributed by atoms with E-state index in [9.17, 15) is 5.11 Å². The standard InChI is InChI=1S/C15H26N2O2/c1-5-12(6-2)15(18)10-16-9-13-8-14(19-4)7-11(3)17-13/h7-8,12,15-16,18H,5-6,9-10H2,1-4H3. The van der Waals surface area contributed by atoms with Gasteiger partial charge in [-0.3, -0.25) is 4.98 Å². The van der Waals surface area contributed by atoms with Crippen LogP contribution in [-0.2, 0) is 6.54 Å². The van der Waals surface area contributed by atoms with E-state index in [4.69, 9.17) is 4.74 Å². The highest BCUT2D eigenvalue weighted by Crippen LogP contribution is 2.14. The maximum atomic E-state index is 10.0. The Balaban J connectivity index is 2.46. The molecule has 0 radical (unpaired) electrons. The number of aliphatic hydroxyl groups excluding tert-OH is 1. The smallest absolute Gasteiger partial charge is 0.122 e. The molecule has 2 N–H and O–H groups in total. The summed E-state index contributed by atoms with van der Waals surface area (Å²) in [7, 11) is 1.66. The summed E-state index contributed by atoms with van der Waals surface area (Å²) < 4.78 is 5.22. The number of aromatic nitrogens is 1. The van der Waals surface area contributed by atoms with Crippen LogP contribution in [0.3, 0.4) is 0 Å². The van der Waals surface area contributed by atoms with Gasteiger partial charge in [-0.15, -0.1) is 0 Å². The van der Waals surface area contributed by atoms with Crippen molar-refractivity contribution in [3.05, 3.63) is 23.5 Å². The van der Waals surface area contributed by atoms with Crippen molar-refractivity contribution in [1.82, 2.24) is 10.3 Å². The molecule has 108 valence electrons. The van der Waals surface area contributed by atoms with Crippen LogP contribution in [0.4, 0.5) is 0 Å². The van der Waals surface area contributed by atoms with Crippen LogP contribution in [0.2, 0.25) is 0 Å². The van der Waals surface area contributed by atoms with Gasteiger partial charge in [0.15, 0.2) is 0 Å². The Kier molecular flexibility index (Phi) is 6.81. The normalized spacial score (nSPS) is 12.7. The molecule has 1 aromatic rings. The van der Waals surface area contributed by atoms with Gasteiger partial charge in [-0.1, -0.05) is 26.7 Å². The molecular formula is C15H26N2O2. The van der Waals surface area contributed by atoms with E-state index in [0.29, 0.717) is 19.0 Å². The number of rotatable bonds is 8. The number of ether oxygens (including phenoxy) is 1. The molecular weight excluding hydrogens is 240 g/mol. The molecule has 0 bridgehead atoms. The predicted molar refractivity (Wildman–Crippen MR) is 77.3 cm³/mol. The zero-order valence-corrected chi connectivity index (χ0v) is 12.4. The number of hydrogen-bond donors (Lipinski definition) is 2. The number of aryl methyl sites for hydroxylation is 1. The summed E-state index contributed by atoms with van der Waals surface area (Å²) in [5, 5.41) is 13.3.